The molecule has 17 heavy (non-hydrogen) atoms. The van der Waals surface area contributed by atoms with Crippen molar-refractivity contribution in [3.63, 3.8) is 0 Å². The fraction of sp³-hybridized carbons (Fsp3) is 0.833. The molecule has 0 atom stereocenters. The van der Waals surface area contributed by atoms with Crippen LogP contribution in [-0.2, 0) is 9.59 Å². The summed E-state index contributed by atoms with van der Waals surface area (Å²) in [6.45, 7) is 3.88. The van der Waals surface area contributed by atoms with E-state index in [-0.39, 0.29) is 11.8 Å². The largest absolute Gasteiger partial charge is 0.356 e. The third kappa shape index (κ3) is 7.74. The number of rotatable bonds is 9. The van der Waals surface area contributed by atoms with Crippen LogP contribution in [0.3, 0.4) is 0 Å². The molecule has 0 aromatic carbocycles. The lowest BCUT2D eigenvalue weighted by Gasteiger charge is -2.06. The van der Waals surface area contributed by atoms with Crippen LogP contribution in [-0.4, -0.2) is 37.5 Å². The summed E-state index contributed by atoms with van der Waals surface area (Å²) in [6.07, 6.45) is 4.26. The summed E-state index contributed by atoms with van der Waals surface area (Å²) in [4.78, 5) is 22.6. The van der Waals surface area contributed by atoms with Crippen molar-refractivity contribution in [1.29, 1.82) is 0 Å². The van der Waals surface area contributed by atoms with Crippen molar-refractivity contribution in [3.05, 3.63) is 0 Å². The van der Waals surface area contributed by atoms with Gasteiger partial charge in [-0.25, -0.2) is 0 Å². The van der Waals surface area contributed by atoms with Gasteiger partial charge in [0.2, 0.25) is 11.8 Å². The van der Waals surface area contributed by atoms with Crippen molar-refractivity contribution in [1.82, 2.24) is 16.0 Å². The van der Waals surface area contributed by atoms with E-state index < -0.39 is 0 Å². The normalized spacial score (nSPS) is 14.4. The molecule has 0 aromatic heterocycles. The first-order valence-corrected chi connectivity index (χ1v) is 6.49. The van der Waals surface area contributed by atoms with Gasteiger partial charge >= 0.3 is 0 Å². The Morgan fingerprint density at radius 1 is 1.00 bits per heavy atom. The van der Waals surface area contributed by atoms with E-state index in [4.69, 9.17) is 0 Å². The molecule has 2 amide bonds. The number of carbonyl (C=O) groups is 2. The number of amides is 2. The van der Waals surface area contributed by atoms with E-state index in [1.807, 2.05) is 6.92 Å². The minimum Gasteiger partial charge on any atom is -0.356 e. The molecular weight excluding hydrogens is 218 g/mol. The van der Waals surface area contributed by atoms with Crippen LogP contribution >= 0.6 is 0 Å². The van der Waals surface area contributed by atoms with Gasteiger partial charge in [-0.15, -0.1) is 0 Å². The number of hydrogen-bond donors (Lipinski definition) is 3. The Hall–Kier alpha value is -1.10. The molecule has 98 valence electrons. The highest BCUT2D eigenvalue weighted by atomic mass is 16.2. The lowest BCUT2D eigenvalue weighted by atomic mass is 10.3. The van der Waals surface area contributed by atoms with Gasteiger partial charge in [0.15, 0.2) is 0 Å². The molecule has 5 heteroatoms. The maximum atomic E-state index is 11.4. The van der Waals surface area contributed by atoms with E-state index in [0.717, 1.165) is 13.0 Å². The van der Waals surface area contributed by atoms with Crippen LogP contribution in [0.1, 0.15) is 39.0 Å². The molecule has 0 spiro atoms. The van der Waals surface area contributed by atoms with Gasteiger partial charge in [0.1, 0.15) is 0 Å². The summed E-state index contributed by atoms with van der Waals surface area (Å²) >= 11 is 0. The van der Waals surface area contributed by atoms with Crippen molar-refractivity contribution in [2.24, 2.45) is 0 Å². The lowest BCUT2D eigenvalue weighted by molar-refractivity contribution is -0.122. The van der Waals surface area contributed by atoms with Gasteiger partial charge in [-0.3, -0.25) is 9.59 Å². The fourth-order valence-corrected chi connectivity index (χ4v) is 1.43. The Morgan fingerprint density at radius 3 is 2.18 bits per heavy atom. The molecule has 1 aliphatic carbocycles. The molecule has 0 aliphatic heterocycles. The second kappa shape index (κ2) is 8.06. The van der Waals surface area contributed by atoms with E-state index in [0.29, 0.717) is 32.0 Å². The molecule has 0 radical (unpaired) electrons. The average molecular weight is 241 g/mol. The van der Waals surface area contributed by atoms with Gasteiger partial charge in [0.25, 0.3) is 0 Å². The minimum absolute atomic E-state index is 0.00301. The van der Waals surface area contributed by atoms with Crippen molar-refractivity contribution >= 4 is 11.8 Å². The van der Waals surface area contributed by atoms with Crippen LogP contribution < -0.4 is 16.0 Å². The molecule has 1 aliphatic rings. The first-order chi connectivity index (χ1) is 8.22. The van der Waals surface area contributed by atoms with Gasteiger partial charge in [0.05, 0.1) is 0 Å². The molecular formula is C12H23N3O2. The number of carbonyl (C=O) groups excluding carboxylic acids is 2. The van der Waals surface area contributed by atoms with E-state index in [1.165, 1.54) is 12.8 Å². The summed E-state index contributed by atoms with van der Waals surface area (Å²) in [6, 6.07) is 0.641. The molecule has 1 saturated carbocycles. The fourth-order valence-electron chi connectivity index (χ4n) is 1.43. The zero-order valence-corrected chi connectivity index (χ0v) is 10.6. The van der Waals surface area contributed by atoms with Crippen molar-refractivity contribution in [3.8, 4) is 0 Å². The predicted molar refractivity (Wildman–Crippen MR) is 66.6 cm³/mol. The van der Waals surface area contributed by atoms with Gasteiger partial charge in [-0.1, -0.05) is 6.92 Å². The minimum atomic E-state index is 0.00301. The lowest BCUT2D eigenvalue weighted by Crippen LogP contribution is -2.32. The number of hydrogen-bond acceptors (Lipinski definition) is 3. The topological polar surface area (TPSA) is 70.2 Å². The molecule has 0 aromatic rings. The zero-order chi connectivity index (χ0) is 12.5. The van der Waals surface area contributed by atoms with Crippen LogP contribution in [0, 0.1) is 0 Å². The highest BCUT2D eigenvalue weighted by molar-refractivity contribution is 5.78. The Bertz CT molecular complexity index is 252. The molecule has 0 bridgehead atoms. The summed E-state index contributed by atoms with van der Waals surface area (Å²) in [5, 5.41) is 8.79. The number of nitrogens with one attached hydrogen (secondary N) is 3. The summed E-state index contributed by atoms with van der Waals surface area (Å²) in [5.74, 6) is 0.0182. The van der Waals surface area contributed by atoms with Gasteiger partial charge in [-0.05, 0) is 19.3 Å². The zero-order valence-electron chi connectivity index (χ0n) is 10.6. The molecule has 1 rings (SSSR count). The van der Waals surface area contributed by atoms with E-state index in [1.54, 1.807) is 0 Å². The van der Waals surface area contributed by atoms with E-state index >= 15 is 0 Å². The second-order valence-corrected chi connectivity index (χ2v) is 4.43. The van der Waals surface area contributed by atoms with Crippen LogP contribution in [0.4, 0.5) is 0 Å². The molecule has 0 heterocycles. The van der Waals surface area contributed by atoms with Crippen molar-refractivity contribution < 1.29 is 9.59 Å². The maximum absolute atomic E-state index is 11.4. The molecule has 5 nitrogen and oxygen atoms in total. The predicted octanol–water partition coefficient (Wildman–Crippen LogP) is 0.161. The Morgan fingerprint density at radius 2 is 1.59 bits per heavy atom. The maximum Gasteiger partial charge on any atom is 0.221 e. The summed E-state index contributed by atoms with van der Waals surface area (Å²) in [5.41, 5.74) is 0. The Labute approximate surface area is 103 Å². The van der Waals surface area contributed by atoms with Crippen LogP contribution in [0.2, 0.25) is 0 Å². The highest BCUT2D eigenvalue weighted by Crippen LogP contribution is 2.18. The van der Waals surface area contributed by atoms with Crippen molar-refractivity contribution in [2.75, 3.05) is 19.6 Å². The van der Waals surface area contributed by atoms with Gasteiger partial charge in [0, 0.05) is 38.5 Å². The van der Waals surface area contributed by atoms with Crippen LogP contribution in [0.25, 0.3) is 0 Å². The first-order valence-electron chi connectivity index (χ1n) is 6.49. The van der Waals surface area contributed by atoms with Gasteiger partial charge in [-0.2, -0.15) is 0 Å². The first kappa shape index (κ1) is 14.0. The van der Waals surface area contributed by atoms with E-state index in [2.05, 4.69) is 16.0 Å². The van der Waals surface area contributed by atoms with E-state index in [9.17, 15) is 9.59 Å². The molecule has 0 saturated heterocycles. The van der Waals surface area contributed by atoms with Gasteiger partial charge < -0.3 is 16.0 Å². The summed E-state index contributed by atoms with van der Waals surface area (Å²) in [7, 11) is 0. The second-order valence-electron chi connectivity index (χ2n) is 4.43. The monoisotopic (exact) mass is 241 g/mol. The average Bonchev–Trinajstić information content (AvgIpc) is 3.10. The quantitative estimate of drug-likeness (QED) is 0.538. The molecule has 1 fully saturated rings. The third-order valence-corrected chi connectivity index (χ3v) is 2.61. The third-order valence-electron chi connectivity index (χ3n) is 2.61. The van der Waals surface area contributed by atoms with Crippen molar-refractivity contribution in [2.45, 2.75) is 45.1 Å². The Kier molecular flexibility index (Phi) is 6.62. The molecule has 3 N–H and O–H groups in total. The van der Waals surface area contributed by atoms with Crippen LogP contribution in [0.15, 0.2) is 0 Å². The Balaban J connectivity index is 1.89. The summed E-state index contributed by atoms with van der Waals surface area (Å²) < 4.78 is 0. The SMILES string of the molecule is CCCNC(=O)CCNC(=O)CCNC1CC1. The standard InChI is InChI=1S/C12H23N3O2/c1-2-7-14-11(16)6-9-15-12(17)5-8-13-10-3-4-10/h10,13H,2-9H2,1H3,(H,14,16)(H,15,17). The molecule has 0 unspecified atom stereocenters. The van der Waals surface area contributed by atoms with Crippen LogP contribution in [0.5, 0.6) is 0 Å². The smallest absolute Gasteiger partial charge is 0.221 e. The highest BCUT2D eigenvalue weighted by Gasteiger charge is 2.19.